The molecule has 4 atom stereocenters. The van der Waals surface area contributed by atoms with E-state index in [4.69, 9.17) is 0 Å². The molecule has 8 rings (SSSR count). The summed E-state index contributed by atoms with van der Waals surface area (Å²) in [5.41, 5.74) is 9.43. The number of carbonyl (C=O) groups is 4. The van der Waals surface area contributed by atoms with Gasteiger partial charge in [0.2, 0.25) is 0 Å². The van der Waals surface area contributed by atoms with Gasteiger partial charge in [0, 0.05) is 71.8 Å². The second-order valence-electron chi connectivity index (χ2n) is 20.8. The number of halogens is 2. The number of aliphatic hydroxyl groups excluding tert-OH is 4. The molecule has 23 heteroatoms. The van der Waals surface area contributed by atoms with Crippen LogP contribution in [0.5, 0.6) is 0 Å². The summed E-state index contributed by atoms with van der Waals surface area (Å²) in [5.74, 6) is -4.41. The van der Waals surface area contributed by atoms with Crippen molar-refractivity contribution in [1.82, 2.24) is 9.13 Å². The van der Waals surface area contributed by atoms with Gasteiger partial charge in [0.1, 0.15) is 11.6 Å². The van der Waals surface area contributed by atoms with Gasteiger partial charge in [-0.2, -0.15) is 0 Å². The van der Waals surface area contributed by atoms with Crippen molar-refractivity contribution in [3.63, 3.8) is 0 Å². The van der Waals surface area contributed by atoms with Crippen LogP contribution in [0.1, 0.15) is 110 Å². The molecule has 0 fully saturated rings. The van der Waals surface area contributed by atoms with Gasteiger partial charge in [-0.15, -0.1) is 0 Å². The first-order chi connectivity index (χ1) is 39.3. The Kier molecular flexibility index (Phi) is 35.5. The molecule has 0 saturated carbocycles. The van der Waals surface area contributed by atoms with Crippen LogP contribution in [0.25, 0.3) is 44.8 Å². The molecule has 0 bridgehead atoms. The summed E-state index contributed by atoms with van der Waals surface area (Å²) in [5, 5.41) is 69.2. The number of benzene rings is 6. The van der Waals surface area contributed by atoms with Gasteiger partial charge in [-0.25, -0.2) is 8.78 Å². The Hall–Kier alpha value is -7.52. The molecular weight excluding hydrogens is 1180 g/mol. The quantitative estimate of drug-likeness (QED) is 0.0456. The van der Waals surface area contributed by atoms with Crippen molar-refractivity contribution in [2.45, 2.75) is 116 Å². The van der Waals surface area contributed by atoms with E-state index in [0.29, 0.717) is 56.1 Å². The Bertz CT molecular complexity index is 3190. The number of hydrogen-bond donors (Lipinski definition) is 6. The van der Waals surface area contributed by atoms with Crippen LogP contribution in [-0.2, 0) is 22.7 Å². The fraction of sp³-hybridized carbons (Fsp3) is 0.273. The molecule has 0 aliphatic heterocycles. The fourth-order valence-corrected chi connectivity index (χ4v) is 10.4. The van der Waals surface area contributed by atoms with Crippen molar-refractivity contribution in [3.8, 4) is 44.8 Å². The van der Waals surface area contributed by atoms with Gasteiger partial charge in [0.25, 0.3) is 11.8 Å². The van der Waals surface area contributed by atoms with Gasteiger partial charge in [-0.3, -0.25) is 9.59 Å². The summed E-state index contributed by atoms with van der Waals surface area (Å²) < 4.78 is 32.0. The molecule has 89 heavy (non-hydrogen) atoms. The second-order valence-corrected chi connectivity index (χ2v) is 20.8. The van der Waals surface area contributed by atoms with E-state index in [2.05, 4.69) is 10.6 Å². The van der Waals surface area contributed by atoms with Crippen LogP contribution in [-0.4, -0.2) is 148 Å². The van der Waals surface area contributed by atoms with E-state index in [0.717, 1.165) is 22.5 Å². The Morgan fingerprint density at radius 2 is 0.708 bits per heavy atom. The van der Waals surface area contributed by atoms with Crippen LogP contribution in [0, 0.1) is 11.6 Å². The van der Waals surface area contributed by atoms with Crippen molar-refractivity contribution in [2.24, 2.45) is 0 Å². The maximum absolute atomic E-state index is 14.0. The summed E-state index contributed by atoms with van der Waals surface area (Å²) in [7, 11) is 0. The topological polar surface area (TPSA) is 418 Å². The zero-order valence-electron chi connectivity index (χ0n) is 49.9. The third-order valence-corrected chi connectivity index (χ3v) is 13.8. The predicted octanol–water partition coefficient (Wildman–Crippen LogP) is 4.63. The molecule has 0 unspecified atom stereocenters. The molecule has 476 valence electrons. The molecule has 0 radical (unpaired) electrons. The van der Waals surface area contributed by atoms with Gasteiger partial charge in [0.05, 0.1) is 46.9 Å². The largest absolute Gasteiger partial charge is 2.00 e. The average molecular weight is 1260 g/mol. The minimum Gasteiger partial charge on any atom is -0.550 e. The maximum Gasteiger partial charge on any atom is 2.00 e. The number of aliphatic hydroxyl groups is 4. The number of anilines is 2. The molecule has 0 aliphatic carbocycles. The van der Waals surface area contributed by atoms with Crippen molar-refractivity contribution in [3.05, 3.63) is 204 Å². The molecule has 2 amide bonds. The summed E-state index contributed by atoms with van der Waals surface area (Å²) in [6.07, 6.45) is -5.54. The number of carboxylic acid groups (broad SMARTS) is 2. The number of amides is 2. The summed E-state index contributed by atoms with van der Waals surface area (Å²) in [6.45, 7) is 8.45. The summed E-state index contributed by atoms with van der Waals surface area (Å²) >= 11 is 0. The standard InChI is InChI=1S/2C33H35FN2O5.Ca.6H2O/c2*1-21(2)31-30(33(41)35-25-11-7-4-8-12-25)29(22-9-5-3-6-10-22)32(23-13-15-24(34)16-14-23)36(31)18-17-26(37)19-27(38)20-28(39)40;;;;;;;/h2*3-16,21,26-27,37-38H,17-20H2,1-2H3,(H,35,41)(H,39,40);;6*1H2/q;;+2;;;;;;/p-2/t2*26-,27-;;;;;;;/m11......./s1. The molecule has 6 aromatic carbocycles. The minimum absolute atomic E-state index is 0. The number of nitrogens with one attached hydrogen (secondary N) is 2. The van der Waals surface area contributed by atoms with E-state index >= 15 is 0 Å². The number of nitrogens with zero attached hydrogens (tertiary/aromatic N) is 2. The second kappa shape index (κ2) is 38.8. The average Bonchev–Trinajstić information content (AvgIpc) is 1.63. The number of aliphatic carboxylic acids is 2. The van der Waals surface area contributed by atoms with Gasteiger partial charge < -0.3 is 92.9 Å². The molecule has 0 spiro atoms. The van der Waals surface area contributed by atoms with Crippen molar-refractivity contribution >= 4 is 72.9 Å². The van der Waals surface area contributed by atoms with Crippen LogP contribution < -0.4 is 20.8 Å². The zero-order valence-corrected chi connectivity index (χ0v) is 52.1. The van der Waals surface area contributed by atoms with Crippen LogP contribution in [0.4, 0.5) is 20.2 Å². The normalized spacial score (nSPS) is 11.7. The maximum atomic E-state index is 14.0. The number of carboxylic acids is 2. The van der Waals surface area contributed by atoms with E-state index in [9.17, 15) is 58.6 Å². The van der Waals surface area contributed by atoms with Gasteiger partial charge in [-0.1, -0.05) is 125 Å². The monoisotopic (exact) mass is 1260 g/mol. The number of carbonyl (C=O) groups excluding carboxylic acids is 4. The van der Waals surface area contributed by atoms with Gasteiger partial charge in [-0.05, 0) is 133 Å². The number of aromatic nitrogens is 2. The van der Waals surface area contributed by atoms with Crippen LogP contribution in [0.2, 0.25) is 0 Å². The van der Waals surface area contributed by atoms with Crippen LogP contribution in [0.3, 0.4) is 0 Å². The number of rotatable bonds is 24. The smallest absolute Gasteiger partial charge is 0.550 e. The number of hydrogen-bond acceptors (Lipinski definition) is 10. The van der Waals surface area contributed by atoms with Crippen molar-refractivity contribution in [1.29, 1.82) is 0 Å². The minimum atomic E-state index is -1.39. The molecule has 0 aliphatic rings. The Balaban J connectivity index is 0.00000161. The van der Waals surface area contributed by atoms with Gasteiger partial charge >= 0.3 is 37.7 Å². The van der Waals surface area contributed by atoms with E-state index in [1.165, 1.54) is 24.3 Å². The molecule has 20 nitrogen and oxygen atoms in total. The first-order valence-electron chi connectivity index (χ1n) is 27.3. The van der Waals surface area contributed by atoms with Crippen LogP contribution in [0.15, 0.2) is 170 Å². The third kappa shape index (κ3) is 21.9. The van der Waals surface area contributed by atoms with Crippen molar-refractivity contribution < 1.29 is 91.5 Å². The Morgan fingerprint density at radius 1 is 0.427 bits per heavy atom. The first kappa shape index (κ1) is 81.5. The molecule has 2 heterocycles. The van der Waals surface area contributed by atoms with E-state index < -0.39 is 60.8 Å². The molecule has 0 saturated heterocycles. The molecule has 18 N–H and O–H groups in total. The fourth-order valence-electron chi connectivity index (χ4n) is 10.4. The molecular formula is C66H80CaF2N4O16. The summed E-state index contributed by atoms with van der Waals surface area (Å²) in [4.78, 5) is 49.8. The summed E-state index contributed by atoms with van der Waals surface area (Å²) in [6, 6.07) is 49.4. The number of para-hydroxylation sites is 2. The molecule has 2 aromatic heterocycles. The molecule has 8 aromatic rings. The Morgan fingerprint density at radius 3 is 0.978 bits per heavy atom. The third-order valence-electron chi connectivity index (χ3n) is 13.8. The van der Waals surface area contributed by atoms with E-state index in [1.807, 2.05) is 134 Å². The van der Waals surface area contributed by atoms with E-state index in [1.54, 1.807) is 48.5 Å². The Labute approximate surface area is 545 Å². The van der Waals surface area contributed by atoms with E-state index in [-0.39, 0.29) is 133 Å². The zero-order chi connectivity index (χ0) is 59.0. The first-order valence-corrected chi connectivity index (χ1v) is 27.3. The van der Waals surface area contributed by atoms with Crippen LogP contribution >= 0.6 is 0 Å². The van der Waals surface area contributed by atoms with Gasteiger partial charge in [0.15, 0.2) is 0 Å². The predicted molar refractivity (Wildman–Crippen MR) is 337 cm³/mol. The van der Waals surface area contributed by atoms with Crippen molar-refractivity contribution in [2.75, 3.05) is 10.6 Å². The SMILES string of the molecule is CC(C)c1c(C(=O)Nc2ccccc2)c(-c2ccccc2)c(-c2ccc(F)cc2)n1CC[C@@H](O)C[C@@H](O)CC(=O)[O-].CC(C)c1c(C(=O)Nc2ccccc2)c(-c2ccccc2)c(-c2ccc(F)cc2)n1CC[C@@H](O)C[C@@H](O)CC(=O)[O-].O.O.O.O.O.O.[Ca+2].